The molecule has 0 spiro atoms. The summed E-state index contributed by atoms with van der Waals surface area (Å²) in [6, 6.07) is 11.1. The summed E-state index contributed by atoms with van der Waals surface area (Å²) in [4.78, 5) is 17.9. The summed E-state index contributed by atoms with van der Waals surface area (Å²) in [6.07, 6.45) is 4.45. The minimum Gasteiger partial charge on any atom is -0.325 e. The zero-order valence-corrected chi connectivity index (χ0v) is 12.7. The normalized spacial score (nSPS) is 10.6. The minimum atomic E-state index is -0.0468. The number of carbonyl (C=O) groups is 1. The van der Waals surface area contributed by atoms with Gasteiger partial charge in [0.15, 0.2) is 0 Å². The fourth-order valence-electron chi connectivity index (χ4n) is 1.96. The third-order valence-corrected chi connectivity index (χ3v) is 3.29. The van der Waals surface area contributed by atoms with Crippen LogP contribution in [-0.2, 0) is 11.2 Å². The van der Waals surface area contributed by atoms with Gasteiger partial charge in [0.2, 0.25) is 5.91 Å². The number of rotatable bonds is 6. The maximum absolute atomic E-state index is 11.9. The van der Waals surface area contributed by atoms with Gasteiger partial charge in [-0.15, -0.1) is 0 Å². The molecular formula is C16H18ClN3O. The van der Waals surface area contributed by atoms with E-state index in [0.717, 1.165) is 18.7 Å². The van der Waals surface area contributed by atoms with Gasteiger partial charge in [-0.2, -0.15) is 0 Å². The summed E-state index contributed by atoms with van der Waals surface area (Å²) in [5.41, 5.74) is 1.93. The fraction of sp³-hybridized carbons (Fsp3) is 0.250. The van der Waals surface area contributed by atoms with E-state index in [9.17, 15) is 4.79 Å². The van der Waals surface area contributed by atoms with Crippen LogP contribution in [0.15, 0.2) is 48.8 Å². The molecule has 0 aliphatic carbocycles. The van der Waals surface area contributed by atoms with Gasteiger partial charge < -0.3 is 5.32 Å². The van der Waals surface area contributed by atoms with Gasteiger partial charge in [0.05, 0.1) is 6.54 Å². The van der Waals surface area contributed by atoms with Crippen molar-refractivity contribution in [2.24, 2.45) is 0 Å². The van der Waals surface area contributed by atoms with Crippen LogP contribution < -0.4 is 5.32 Å². The Hall–Kier alpha value is -1.91. The number of aromatic nitrogens is 1. The first-order valence-electron chi connectivity index (χ1n) is 6.76. The zero-order valence-electron chi connectivity index (χ0n) is 11.9. The molecule has 1 heterocycles. The van der Waals surface area contributed by atoms with E-state index in [1.54, 1.807) is 24.5 Å². The molecule has 0 radical (unpaired) electrons. The number of nitrogens with zero attached hydrogens (tertiary/aromatic N) is 2. The maximum Gasteiger partial charge on any atom is 0.238 e. The predicted octanol–water partition coefficient (Wildman–Crippen LogP) is 2.85. The summed E-state index contributed by atoms with van der Waals surface area (Å²) in [5, 5.41) is 3.45. The number of amides is 1. The first-order chi connectivity index (χ1) is 10.1. The highest BCUT2D eigenvalue weighted by atomic mass is 35.5. The summed E-state index contributed by atoms with van der Waals surface area (Å²) < 4.78 is 0. The van der Waals surface area contributed by atoms with Crippen molar-refractivity contribution in [3.8, 4) is 0 Å². The van der Waals surface area contributed by atoms with E-state index in [-0.39, 0.29) is 5.91 Å². The number of halogens is 1. The maximum atomic E-state index is 11.9. The molecule has 21 heavy (non-hydrogen) atoms. The highest BCUT2D eigenvalue weighted by molar-refractivity contribution is 6.30. The zero-order chi connectivity index (χ0) is 15.1. The number of anilines is 1. The van der Waals surface area contributed by atoms with Crippen molar-refractivity contribution in [1.82, 2.24) is 9.88 Å². The van der Waals surface area contributed by atoms with Crippen LogP contribution in [-0.4, -0.2) is 35.9 Å². The van der Waals surface area contributed by atoms with Crippen LogP contribution >= 0.6 is 11.6 Å². The van der Waals surface area contributed by atoms with Crippen molar-refractivity contribution in [3.63, 3.8) is 0 Å². The lowest BCUT2D eigenvalue weighted by atomic mass is 10.2. The molecule has 1 N–H and O–H groups in total. The van der Waals surface area contributed by atoms with Crippen LogP contribution in [0.4, 0.5) is 5.69 Å². The highest BCUT2D eigenvalue weighted by Crippen LogP contribution is 2.14. The number of pyridine rings is 1. The topological polar surface area (TPSA) is 45.2 Å². The van der Waals surface area contributed by atoms with Gasteiger partial charge in [-0.3, -0.25) is 14.7 Å². The molecule has 2 rings (SSSR count). The second-order valence-corrected chi connectivity index (χ2v) is 5.34. The Morgan fingerprint density at radius 1 is 1.29 bits per heavy atom. The number of carbonyl (C=O) groups excluding carboxylic acids is 1. The van der Waals surface area contributed by atoms with Crippen molar-refractivity contribution in [3.05, 3.63) is 59.4 Å². The van der Waals surface area contributed by atoms with Crippen LogP contribution in [0.25, 0.3) is 0 Å². The van der Waals surface area contributed by atoms with E-state index >= 15 is 0 Å². The molecule has 0 fully saturated rings. The monoisotopic (exact) mass is 303 g/mol. The molecule has 0 aliphatic heterocycles. The fourth-order valence-corrected chi connectivity index (χ4v) is 2.15. The van der Waals surface area contributed by atoms with Gasteiger partial charge >= 0.3 is 0 Å². The molecule has 0 saturated heterocycles. The van der Waals surface area contributed by atoms with E-state index in [1.807, 2.05) is 36.2 Å². The number of likely N-dealkylation sites (N-methyl/N-ethyl adjacent to an activating group) is 1. The van der Waals surface area contributed by atoms with Crippen molar-refractivity contribution in [1.29, 1.82) is 0 Å². The molecule has 110 valence electrons. The number of nitrogens with one attached hydrogen (secondary N) is 1. The molecule has 0 aliphatic rings. The van der Waals surface area contributed by atoms with Gasteiger partial charge in [-0.25, -0.2) is 0 Å². The second-order valence-electron chi connectivity index (χ2n) is 4.90. The second kappa shape index (κ2) is 7.76. The smallest absolute Gasteiger partial charge is 0.238 e. The standard InChI is InChI=1S/C16H18ClN3O/c1-20(10-7-13-5-8-18-9-6-13)12-16(21)19-15-4-2-3-14(17)11-15/h2-6,8-9,11H,7,10,12H2,1H3,(H,19,21). The lowest BCUT2D eigenvalue weighted by Crippen LogP contribution is -2.31. The van der Waals surface area contributed by atoms with Crippen molar-refractivity contribution < 1.29 is 4.79 Å². The van der Waals surface area contributed by atoms with Crippen LogP contribution in [0.1, 0.15) is 5.56 Å². The first kappa shape index (κ1) is 15.5. The lowest BCUT2D eigenvalue weighted by molar-refractivity contribution is -0.117. The number of hydrogen-bond acceptors (Lipinski definition) is 3. The molecule has 0 unspecified atom stereocenters. The van der Waals surface area contributed by atoms with Gasteiger partial charge in [0, 0.05) is 29.6 Å². The highest BCUT2D eigenvalue weighted by Gasteiger charge is 2.07. The van der Waals surface area contributed by atoms with Crippen LogP contribution in [0.3, 0.4) is 0 Å². The molecule has 0 bridgehead atoms. The Kier molecular flexibility index (Phi) is 5.72. The van der Waals surface area contributed by atoms with Crippen LogP contribution in [0.5, 0.6) is 0 Å². The van der Waals surface area contributed by atoms with Crippen molar-refractivity contribution in [2.75, 3.05) is 25.5 Å². The summed E-state index contributed by atoms with van der Waals surface area (Å²) in [6.45, 7) is 1.16. The molecule has 5 heteroatoms. The molecule has 0 atom stereocenters. The molecular weight excluding hydrogens is 286 g/mol. The number of hydrogen-bond donors (Lipinski definition) is 1. The Morgan fingerprint density at radius 3 is 2.76 bits per heavy atom. The lowest BCUT2D eigenvalue weighted by Gasteiger charge is -2.16. The molecule has 0 saturated carbocycles. The van der Waals surface area contributed by atoms with Gasteiger partial charge in [-0.1, -0.05) is 17.7 Å². The molecule has 1 amide bonds. The van der Waals surface area contributed by atoms with E-state index in [1.165, 1.54) is 5.56 Å². The van der Waals surface area contributed by atoms with Crippen molar-refractivity contribution in [2.45, 2.75) is 6.42 Å². The SMILES string of the molecule is CN(CCc1ccncc1)CC(=O)Nc1cccc(Cl)c1. The van der Waals surface area contributed by atoms with Gasteiger partial charge in [0.1, 0.15) is 0 Å². The average molecular weight is 304 g/mol. The van der Waals surface area contributed by atoms with E-state index in [0.29, 0.717) is 11.6 Å². The Balaban J connectivity index is 1.77. The van der Waals surface area contributed by atoms with Gasteiger partial charge in [-0.05, 0) is 49.4 Å². The Labute approximate surface area is 129 Å². The summed E-state index contributed by atoms with van der Waals surface area (Å²) in [5.74, 6) is -0.0468. The third-order valence-electron chi connectivity index (χ3n) is 3.05. The number of benzene rings is 1. The predicted molar refractivity (Wildman–Crippen MR) is 85.5 cm³/mol. The molecule has 2 aromatic rings. The van der Waals surface area contributed by atoms with Gasteiger partial charge in [0.25, 0.3) is 0 Å². The minimum absolute atomic E-state index is 0.0468. The van der Waals surface area contributed by atoms with Crippen LogP contribution in [0.2, 0.25) is 5.02 Å². The summed E-state index contributed by atoms with van der Waals surface area (Å²) >= 11 is 5.88. The van der Waals surface area contributed by atoms with E-state index in [4.69, 9.17) is 11.6 Å². The average Bonchev–Trinajstić information content (AvgIpc) is 2.46. The third kappa shape index (κ3) is 5.53. The molecule has 1 aromatic heterocycles. The van der Waals surface area contributed by atoms with Crippen molar-refractivity contribution >= 4 is 23.2 Å². The molecule has 4 nitrogen and oxygen atoms in total. The largest absolute Gasteiger partial charge is 0.325 e. The quantitative estimate of drug-likeness (QED) is 0.892. The van der Waals surface area contributed by atoms with E-state index in [2.05, 4.69) is 10.3 Å². The first-order valence-corrected chi connectivity index (χ1v) is 7.14. The molecule has 1 aromatic carbocycles. The van der Waals surface area contributed by atoms with E-state index < -0.39 is 0 Å². The summed E-state index contributed by atoms with van der Waals surface area (Å²) in [7, 11) is 1.93. The van der Waals surface area contributed by atoms with Crippen LogP contribution in [0, 0.1) is 0 Å². The Morgan fingerprint density at radius 2 is 2.05 bits per heavy atom. The Bertz CT molecular complexity index is 589.